The second kappa shape index (κ2) is 7.15. The molecule has 0 aliphatic heterocycles. The first kappa shape index (κ1) is 15.5. The maximum atomic E-state index is 3.56. The van der Waals surface area contributed by atoms with Gasteiger partial charge >= 0.3 is 0 Å². The van der Waals surface area contributed by atoms with Crippen molar-refractivity contribution >= 4 is 21.6 Å². The topological polar surface area (TPSA) is 15.3 Å². The summed E-state index contributed by atoms with van der Waals surface area (Å²) in [6, 6.07) is 7.02. The van der Waals surface area contributed by atoms with E-state index in [9.17, 15) is 0 Å². The lowest BCUT2D eigenvalue weighted by Crippen LogP contribution is -2.28. The van der Waals surface area contributed by atoms with Crippen LogP contribution in [-0.2, 0) is 6.54 Å². The van der Waals surface area contributed by atoms with E-state index >= 15 is 0 Å². The Bertz CT molecular complexity index is 375. The number of nitrogens with one attached hydrogen (secondary N) is 1. The van der Waals surface area contributed by atoms with Crippen LogP contribution in [0.3, 0.4) is 0 Å². The van der Waals surface area contributed by atoms with Gasteiger partial charge in [-0.2, -0.15) is 0 Å². The molecule has 0 aliphatic rings. The summed E-state index contributed by atoms with van der Waals surface area (Å²) in [5.41, 5.74) is 2.66. The number of hydrogen-bond donors (Lipinski definition) is 1. The van der Waals surface area contributed by atoms with Crippen molar-refractivity contribution in [2.75, 3.05) is 18.5 Å². The quantitative estimate of drug-likeness (QED) is 0.853. The number of anilines is 1. The molecule has 0 radical (unpaired) electrons. The van der Waals surface area contributed by atoms with Gasteiger partial charge in [-0.05, 0) is 50.1 Å². The minimum absolute atomic E-state index is 0.509. The molecular formula is C15H25BrN2. The van der Waals surface area contributed by atoms with E-state index < -0.39 is 0 Å². The third-order valence-electron chi connectivity index (χ3n) is 3.06. The highest BCUT2D eigenvalue weighted by atomic mass is 79.9. The predicted octanol–water partition coefficient (Wildman–Crippen LogP) is 4.04. The summed E-state index contributed by atoms with van der Waals surface area (Å²) in [5.74, 6) is 0.684. The highest BCUT2D eigenvalue weighted by molar-refractivity contribution is 9.10. The molecule has 0 amide bonds. The molecule has 0 fully saturated rings. The largest absolute Gasteiger partial charge is 0.372 e. The fourth-order valence-electron chi connectivity index (χ4n) is 1.81. The molecule has 0 spiro atoms. The van der Waals surface area contributed by atoms with Gasteiger partial charge in [0.15, 0.2) is 0 Å². The molecule has 1 aromatic rings. The van der Waals surface area contributed by atoms with E-state index in [2.05, 4.69) is 79.1 Å². The standard InChI is InChI=1S/C15H25BrN2/c1-11(2)9-17-10-13-8-14(16)6-7-15(13)18(5)12(3)4/h6-8,11-12,17H,9-10H2,1-5H3. The molecule has 0 saturated heterocycles. The molecule has 3 heteroatoms. The van der Waals surface area contributed by atoms with Crippen molar-refractivity contribution in [2.24, 2.45) is 5.92 Å². The molecule has 0 aromatic heterocycles. The van der Waals surface area contributed by atoms with Crippen LogP contribution in [0.25, 0.3) is 0 Å². The summed E-state index contributed by atoms with van der Waals surface area (Å²) in [4.78, 5) is 2.32. The summed E-state index contributed by atoms with van der Waals surface area (Å²) in [6.45, 7) is 10.9. The third-order valence-corrected chi connectivity index (χ3v) is 3.56. The lowest BCUT2D eigenvalue weighted by molar-refractivity contribution is 0.551. The van der Waals surface area contributed by atoms with Gasteiger partial charge in [-0.3, -0.25) is 0 Å². The molecule has 2 nitrogen and oxygen atoms in total. The maximum absolute atomic E-state index is 3.56. The molecule has 0 aliphatic carbocycles. The van der Waals surface area contributed by atoms with E-state index in [-0.39, 0.29) is 0 Å². The zero-order valence-corrected chi connectivity index (χ0v) is 13.7. The second-order valence-corrected chi connectivity index (χ2v) is 6.42. The first-order valence-corrected chi connectivity index (χ1v) is 7.43. The number of rotatable bonds is 6. The molecule has 18 heavy (non-hydrogen) atoms. The highest BCUT2D eigenvalue weighted by Gasteiger charge is 2.10. The van der Waals surface area contributed by atoms with E-state index in [0.29, 0.717) is 12.0 Å². The fourth-order valence-corrected chi connectivity index (χ4v) is 2.22. The molecular weight excluding hydrogens is 288 g/mol. The summed E-state index contributed by atoms with van der Waals surface area (Å²) < 4.78 is 1.14. The van der Waals surface area contributed by atoms with Gasteiger partial charge in [0, 0.05) is 29.8 Å². The molecule has 102 valence electrons. The minimum Gasteiger partial charge on any atom is -0.372 e. The molecule has 0 unspecified atom stereocenters. The van der Waals surface area contributed by atoms with Crippen LogP contribution in [0.5, 0.6) is 0 Å². The summed E-state index contributed by atoms with van der Waals surface area (Å²) in [5, 5.41) is 3.52. The van der Waals surface area contributed by atoms with E-state index in [1.807, 2.05) is 0 Å². The predicted molar refractivity (Wildman–Crippen MR) is 84.2 cm³/mol. The van der Waals surface area contributed by atoms with Crippen molar-refractivity contribution in [1.82, 2.24) is 5.32 Å². The van der Waals surface area contributed by atoms with Crippen molar-refractivity contribution in [3.8, 4) is 0 Å². The van der Waals surface area contributed by atoms with Gasteiger partial charge in [0.1, 0.15) is 0 Å². The number of benzene rings is 1. The van der Waals surface area contributed by atoms with Gasteiger partial charge in [-0.15, -0.1) is 0 Å². The molecule has 0 atom stereocenters. The number of halogens is 1. The average Bonchev–Trinajstić information content (AvgIpc) is 2.27. The van der Waals surface area contributed by atoms with Crippen LogP contribution >= 0.6 is 15.9 Å². The smallest absolute Gasteiger partial charge is 0.0412 e. The van der Waals surface area contributed by atoms with E-state index in [0.717, 1.165) is 17.6 Å². The van der Waals surface area contributed by atoms with Gasteiger partial charge in [0.05, 0.1) is 0 Å². The van der Waals surface area contributed by atoms with Crippen molar-refractivity contribution in [3.05, 3.63) is 28.2 Å². The van der Waals surface area contributed by atoms with Crippen LogP contribution in [0.4, 0.5) is 5.69 Å². The summed E-state index contributed by atoms with van der Waals surface area (Å²) in [6.07, 6.45) is 0. The number of nitrogens with zero attached hydrogens (tertiary/aromatic N) is 1. The molecule has 1 aromatic carbocycles. The zero-order valence-electron chi connectivity index (χ0n) is 12.1. The van der Waals surface area contributed by atoms with Gasteiger partial charge in [0.25, 0.3) is 0 Å². The Balaban J connectivity index is 2.83. The van der Waals surface area contributed by atoms with Crippen LogP contribution in [0.2, 0.25) is 0 Å². The first-order valence-electron chi connectivity index (χ1n) is 6.63. The Kier molecular flexibility index (Phi) is 6.16. The average molecular weight is 313 g/mol. The highest BCUT2D eigenvalue weighted by Crippen LogP contribution is 2.25. The van der Waals surface area contributed by atoms with Gasteiger partial charge in [-0.25, -0.2) is 0 Å². The fraction of sp³-hybridized carbons (Fsp3) is 0.600. The van der Waals surface area contributed by atoms with E-state index in [4.69, 9.17) is 0 Å². The lowest BCUT2D eigenvalue weighted by atomic mass is 10.1. The van der Waals surface area contributed by atoms with Crippen LogP contribution in [0.1, 0.15) is 33.3 Å². The van der Waals surface area contributed by atoms with Crippen LogP contribution < -0.4 is 10.2 Å². The second-order valence-electron chi connectivity index (χ2n) is 5.50. The summed E-state index contributed by atoms with van der Waals surface area (Å²) >= 11 is 3.56. The minimum atomic E-state index is 0.509. The Morgan fingerprint density at radius 2 is 1.89 bits per heavy atom. The van der Waals surface area contributed by atoms with Crippen molar-refractivity contribution in [3.63, 3.8) is 0 Å². The van der Waals surface area contributed by atoms with E-state index in [1.165, 1.54) is 11.3 Å². The van der Waals surface area contributed by atoms with Crippen LogP contribution in [0.15, 0.2) is 22.7 Å². The van der Waals surface area contributed by atoms with Crippen molar-refractivity contribution in [1.29, 1.82) is 0 Å². The normalized spacial score (nSPS) is 11.3. The third kappa shape index (κ3) is 4.62. The molecule has 0 heterocycles. The van der Waals surface area contributed by atoms with Crippen LogP contribution in [-0.4, -0.2) is 19.6 Å². The van der Waals surface area contributed by atoms with Crippen LogP contribution in [0, 0.1) is 5.92 Å². The van der Waals surface area contributed by atoms with Gasteiger partial charge < -0.3 is 10.2 Å². The van der Waals surface area contributed by atoms with Crippen molar-refractivity contribution in [2.45, 2.75) is 40.3 Å². The summed E-state index contributed by atoms with van der Waals surface area (Å²) in [7, 11) is 2.15. The number of hydrogen-bond acceptors (Lipinski definition) is 2. The Labute approximate surface area is 120 Å². The molecule has 1 rings (SSSR count). The lowest BCUT2D eigenvalue weighted by Gasteiger charge is -2.27. The van der Waals surface area contributed by atoms with E-state index in [1.54, 1.807) is 0 Å². The molecule has 0 saturated carbocycles. The van der Waals surface area contributed by atoms with Gasteiger partial charge in [-0.1, -0.05) is 29.8 Å². The Hall–Kier alpha value is -0.540. The Morgan fingerprint density at radius 1 is 1.22 bits per heavy atom. The van der Waals surface area contributed by atoms with Gasteiger partial charge in [0.2, 0.25) is 0 Å². The maximum Gasteiger partial charge on any atom is 0.0412 e. The molecule has 0 bridgehead atoms. The SMILES string of the molecule is CC(C)CNCc1cc(Br)ccc1N(C)C(C)C. The first-order chi connectivity index (χ1) is 8.41. The zero-order chi connectivity index (χ0) is 13.7. The monoisotopic (exact) mass is 312 g/mol. The van der Waals surface area contributed by atoms with Crippen molar-refractivity contribution < 1.29 is 0 Å². The molecule has 1 N–H and O–H groups in total. The Morgan fingerprint density at radius 3 is 2.44 bits per heavy atom.